The number of hydrazone groups is 1. The number of methoxy groups -OCH3 is 1. The van der Waals surface area contributed by atoms with Crippen molar-refractivity contribution in [2.24, 2.45) is 10.1 Å². The molecule has 196 valence electrons. The summed E-state index contributed by atoms with van der Waals surface area (Å²) < 4.78 is 16.5. The van der Waals surface area contributed by atoms with Gasteiger partial charge in [-0.05, 0) is 72.6 Å². The third-order valence-electron chi connectivity index (χ3n) is 6.13. The minimum absolute atomic E-state index is 0.0115. The van der Waals surface area contributed by atoms with Gasteiger partial charge in [0.15, 0.2) is 5.84 Å². The highest BCUT2D eigenvalue weighted by Crippen LogP contribution is 2.30. The number of hydrogen-bond acceptors (Lipinski definition) is 8. The second-order valence-electron chi connectivity index (χ2n) is 8.72. The number of aliphatic imine (C=N–C) groups is 1. The zero-order valence-corrected chi connectivity index (χ0v) is 21.7. The number of fused-ring (bicyclic) bond motifs is 1. The monoisotopic (exact) mass is 533 g/mol. The van der Waals surface area contributed by atoms with Gasteiger partial charge >= 0.3 is 0 Å². The topological polar surface area (TPSA) is 117 Å². The summed E-state index contributed by atoms with van der Waals surface area (Å²) in [7, 11) is 1.62. The molecule has 0 saturated carbocycles. The summed E-state index contributed by atoms with van der Waals surface area (Å²) in [5.74, 6) is 1.59. The molecule has 2 aromatic carbocycles. The Hall–Kier alpha value is -4.12. The highest BCUT2D eigenvalue weighted by molar-refractivity contribution is 8.27. The van der Waals surface area contributed by atoms with E-state index >= 15 is 0 Å². The number of nitrogens with one attached hydrogen (secondary N) is 1. The number of carbonyl (C=O) groups is 2. The van der Waals surface area contributed by atoms with Crippen LogP contribution in [-0.2, 0) is 9.59 Å². The number of likely N-dealkylation sites (tertiary alicyclic amines) is 1. The van der Waals surface area contributed by atoms with Crippen LogP contribution in [0.3, 0.4) is 0 Å². The SMILES string of the molecule is COc1ccc(OCCOc2ccc(/C=C3/C(=N)N4N=C(CC(=O)N5CCCC5)SC4=NC3=O)cc2)cc1. The van der Waals surface area contributed by atoms with Crippen molar-refractivity contribution in [1.29, 1.82) is 5.41 Å². The molecule has 0 aliphatic carbocycles. The lowest BCUT2D eigenvalue weighted by atomic mass is 10.1. The molecule has 0 spiro atoms. The molecule has 11 heteroatoms. The maximum atomic E-state index is 12.7. The van der Waals surface area contributed by atoms with Gasteiger partial charge < -0.3 is 19.1 Å². The third-order valence-corrected chi connectivity index (χ3v) is 7.04. The van der Waals surface area contributed by atoms with Crippen LogP contribution in [0, 0.1) is 5.41 Å². The first-order chi connectivity index (χ1) is 18.5. The first-order valence-electron chi connectivity index (χ1n) is 12.3. The average molecular weight is 534 g/mol. The Balaban J connectivity index is 1.16. The summed E-state index contributed by atoms with van der Waals surface area (Å²) in [6.45, 7) is 2.28. The lowest BCUT2D eigenvalue weighted by Gasteiger charge is -2.20. The van der Waals surface area contributed by atoms with E-state index in [1.807, 2.05) is 29.2 Å². The van der Waals surface area contributed by atoms with Crippen LogP contribution in [0.25, 0.3) is 6.08 Å². The molecule has 3 aliphatic rings. The summed E-state index contributed by atoms with van der Waals surface area (Å²) in [5.41, 5.74) is 0.852. The fourth-order valence-corrected chi connectivity index (χ4v) is 5.00. The summed E-state index contributed by atoms with van der Waals surface area (Å²) in [4.78, 5) is 31.1. The molecule has 0 atom stereocenters. The number of hydrogen-bond donors (Lipinski definition) is 1. The van der Waals surface area contributed by atoms with Gasteiger partial charge in [0.25, 0.3) is 5.91 Å². The van der Waals surface area contributed by atoms with Crippen molar-refractivity contribution < 1.29 is 23.8 Å². The van der Waals surface area contributed by atoms with E-state index in [0.29, 0.717) is 29.2 Å². The van der Waals surface area contributed by atoms with E-state index in [1.54, 1.807) is 37.5 Å². The molecule has 1 N–H and O–H groups in total. The standard InChI is InChI=1S/C27H27N5O5S/c1-35-19-8-10-21(11-9-19)37-15-14-36-20-6-4-18(5-7-20)16-22-25(28)32-27(29-26(22)34)38-23(30-32)17-24(33)31-12-2-3-13-31/h4-11,16,28H,2-3,12-15,17H2,1H3/b22-16-,28-25?. The molecule has 10 nitrogen and oxygen atoms in total. The number of benzene rings is 2. The van der Waals surface area contributed by atoms with Gasteiger partial charge in [0.1, 0.15) is 35.5 Å². The van der Waals surface area contributed by atoms with E-state index in [0.717, 1.165) is 43.0 Å². The van der Waals surface area contributed by atoms with Crippen LogP contribution in [0.4, 0.5) is 0 Å². The molecule has 2 aromatic rings. The first kappa shape index (κ1) is 25.5. The van der Waals surface area contributed by atoms with Crippen LogP contribution >= 0.6 is 11.8 Å². The van der Waals surface area contributed by atoms with E-state index < -0.39 is 5.91 Å². The molecule has 0 unspecified atom stereocenters. The largest absolute Gasteiger partial charge is 0.497 e. The van der Waals surface area contributed by atoms with Gasteiger partial charge in [-0.25, -0.2) is 0 Å². The molecular weight excluding hydrogens is 506 g/mol. The fraction of sp³-hybridized carbons (Fsp3) is 0.296. The van der Waals surface area contributed by atoms with Gasteiger partial charge in [-0.3, -0.25) is 15.0 Å². The van der Waals surface area contributed by atoms with Gasteiger partial charge in [-0.15, -0.1) is 0 Å². The summed E-state index contributed by atoms with van der Waals surface area (Å²) in [6, 6.07) is 14.5. The van der Waals surface area contributed by atoms with Gasteiger partial charge in [-0.2, -0.15) is 15.1 Å². The zero-order chi connectivity index (χ0) is 26.5. The van der Waals surface area contributed by atoms with E-state index in [4.69, 9.17) is 19.6 Å². The normalized spacial score (nSPS) is 17.9. The maximum absolute atomic E-state index is 12.7. The van der Waals surface area contributed by atoms with Crippen molar-refractivity contribution in [2.45, 2.75) is 19.3 Å². The number of carbonyl (C=O) groups excluding carboxylic acids is 2. The quantitative estimate of drug-likeness (QED) is 0.385. The predicted molar refractivity (Wildman–Crippen MR) is 146 cm³/mol. The van der Waals surface area contributed by atoms with Crippen molar-refractivity contribution in [3.05, 3.63) is 59.7 Å². The van der Waals surface area contributed by atoms with E-state index in [9.17, 15) is 9.59 Å². The number of rotatable bonds is 9. The number of thioether (sulfide) groups is 1. The minimum atomic E-state index is -0.507. The summed E-state index contributed by atoms with van der Waals surface area (Å²) in [5, 5.41) is 15.1. The van der Waals surface area contributed by atoms with Crippen molar-refractivity contribution in [2.75, 3.05) is 33.4 Å². The van der Waals surface area contributed by atoms with Gasteiger partial charge in [0, 0.05) is 13.1 Å². The molecule has 1 fully saturated rings. The maximum Gasteiger partial charge on any atom is 0.283 e. The Labute approximate surface area is 224 Å². The molecule has 3 heterocycles. The first-order valence-corrected chi connectivity index (χ1v) is 13.1. The molecule has 1 saturated heterocycles. The van der Waals surface area contributed by atoms with Gasteiger partial charge in [0.05, 0.1) is 19.1 Å². The predicted octanol–water partition coefficient (Wildman–Crippen LogP) is 3.78. The molecule has 5 rings (SSSR count). The van der Waals surface area contributed by atoms with Crippen molar-refractivity contribution >= 4 is 45.7 Å². The Morgan fingerprint density at radius 1 is 1.00 bits per heavy atom. The fourth-order valence-electron chi connectivity index (χ4n) is 4.13. The van der Waals surface area contributed by atoms with E-state index in [1.165, 1.54) is 16.8 Å². The molecule has 0 aromatic heterocycles. The highest BCUT2D eigenvalue weighted by Gasteiger charge is 2.36. The lowest BCUT2D eigenvalue weighted by Crippen LogP contribution is -2.35. The number of amidine groups is 2. The Morgan fingerprint density at radius 3 is 2.24 bits per heavy atom. The number of ether oxygens (including phenoxy) is 3. The average Bonchev–Trinajstić information content (AvgIpc) is 3.61. The molecule has 3 aliphatic heterocycles. The molecule has 0 radical (unpaired) electrons. The second kappa shape index (κ2) is 11.5. The smallest absolute Gasteiger partial charge is 0.283 e. The van der Waals surface area contributed by atoms with Crippen molar-refractivity contribution in [3.63, 3.8) is 0 Å². The third kappa shape index (κ3) is 5.88. The molecule has 0 bridgehead atoms. The molecule has 2 amide bonds. The van der Waals surface area contributed by atoms with Crippen LogP contribution in [-0.4, -0.2) is 71.2 Å². The Bertz CT molecular complexity index is 1310. The molecular formula is C27H27N5O5S. The number of amides is 2. The van der Waals surface area contributed by atoms with Crippen LogP contribution in [0.5, 0.6) is 17.2 Å². The van der Waals surface area contributed by atoms with Crippen LogP contribution < -0.4 is 14.2 Å². The zero-order valence-electron chi connectivity index (χ0n) is 20.9. The van der Waals surface area contributed by atoms with E-state index in [-0.39, 0.29) is 23.7 Å². The second-order valence-corrected chi connectivity index (χ2v) is 9.76. The van der Waals surface area contributed by atoms with Crippen molar-refractivity contribution in [1.82, 2.24) is 9.91 Å². The summed E-state index contributed by atoms with van der Waals surface area (Å²) in [6.07, 6.45) is 3.79. The van der Waals surface area contributed by atoms with Gasteiger partial charge in [0.2, 0.25) is 11.1 Å². The minimum Gasteiger partial charge on any atom is -0.497 e. The Morgan fingerprint density at radius 2 is 1.61 bits per heavy atom. The summed E-state index contributed by atoms with van der Waals surface area (Å²) >= 11 is 1.17. The Kier molecular flexibility index (Phi) is 7.73. The van der Waals surface area contributed by atoms with Crippen LogP contribution in [0.2, 0.25) is 0 Å². The lowest BCUT2D eigenvalue weighted by molar-refractivity contribution is -0.128. The number of nitrogens with zero attached hydrogens (tertiary/aromatic N) is 4. The van der Waals surface area contributed by atoms with E-state index in [2.05, 4.69) is 10.1 Å². The van der Waals surface area contributed by atoms with Crippen LogP contribution in [0.15, 0.2) is 64.2 Å². The van der Waals surface area contributed by atoms with Gasteiger partial charge in [-0.1, -0.05) is 12.1 Å². The van der Waals surface area contributed by atoms with Crippen molar-refractivity contribution in [3.8, 4) is 17.2 Å². The highest BCUT2D eigenvalue weighted by atomic mass is 32.2. The van der Waals surface area contributed by atoms with Crippen LogP contribution in [0.1, 0.15) is 24.8 Å². The molecule has 38 heavy (non-hydrogen) atoms.